The lowest BCUT2D eigenvalue weighted by Gasteiger charge is -2.24. The predicted octanol–water partition coefficient (Wildman–Crippen LogP) is 3.80. The van der Waals surface area contributed by atoms with Gasteiger partial charge in [-0.1, -0.05) is 12.1 Å². The zero-order valence-electron chi connectivity index (χ0n) is 17.3. The zero-order chi connectivity index (χ0) is 21.5. The normalized spacial score (nSPS) is 13.5. The fraction of sp³-hybridized carbons (Fsp3) is 0.318. The Bertz CT molecular complexity index is 958. The highest BCUT2D eigenvalue weighted by atomic mass is 16.5. The molecule has 1 heterocycles. The summed E-state index contributed by atoms with van der Waals surface area (Å²) in [5, 5.41) is 8.69. The fourth-order valence-electron chi connectivity index (χ4n) is 3.15. The summed E-state index contributed by atoms with van der Waals surface area (Å²) in [6, 6.07) is 12.8. The van der Waals surface area contributed by atoms with E-state index in [1.165, 1.54) is 5.01 Å². The van der Waals surface area contributed by atoms with Gasteiger partial charge >= 0.3 is 6.09 Å². The van der Waals surface area contributed by atoms with Crippen molar-refractivity contribution < 1.29 is 23.8 Å². The minimum atomic E-state index is -0.516. The molecule has 0 spiro atoms. The molecule has 30 heavy (non-hydrogen) atoms. The molecule has 2 amide bonds. The third-order valence-electron chi connectivity index (χ3n) is 4.60. The largest absolute Gasteiger partial charge is 0.493 e. The average molecular weight is 411 g/mol. The van der Waals surface area contributed by atoms with E-state index < -0.39 is 6.09 Å². The lowest BCUT2D eigenvalue weighted by Crippen LogP contribution is -2.31. The summed E-state index contributed by atoms with van der Waals surface area (Å²) in [5.41, 5.74) is 3.12. The van der Waals surface area contributed by atoms with Gasteiger partial charge < -0.3 is 14.2 Å². The van der Waals surface area contributed by atoms with Crippen LogP contribution in [0, 0.1) is 0 Å². The molecule has 1 N–H and O–H groups in total. The Morgan fingerprint density at radius 2 is 1.90 bits per heavy atom. The number of benzene rings is 2. The Kier molecular flexibility index (Phi) is 6.90. The van der Waals surface area contributed by atoms with Gasteiger partial charge in [0.2, 0.25) is 5.91 Å². The van der Waals surface area contributed by atoms with Crippen LogP contribution in [0.4, 0.5) is 10.5 Å². The molecule has 0 fully saturated rings. The Labute approximate surface area is 175 Å². The second kappa shape index (κ2) is 9.78. The molecule has 0 saturated carbocycles. The number of amides is 2. The number of hydrogen-bond donors (Lipinski definition) is 1. The van der Waals surface area contributed by atoms with Crippen LogP contribution in [0.5, 0.6) is 11.5 Å². The molecule has 0 saturated heterocycles. The molecule has 0 bridgehead atoms. The molecular weight excluding hydrogens is 386 g/mol. The van der Waals surface area contributed by atoms with Crippen LogP contribution in [0.2, 0.25) is 0 Å². The van der Waals surface area contributed by atoms with E-state index in [2.05, 4.69) is 10.4 Å². The molecule has 0 unspecified atom stereocenters. The number of hydrazone groups is 1. The highest BCUT2D eigenvalue weighted by Gasteiger charge is 2.22. The molecule has 0 aromatic heterocycles. The molecule has 1 aliphatic rings. The number of methoxy groups -OCH3 is 2. The Hall–Kier alpha value is -3.55. The summed E-state index contributed by atoms with van der Waals surface area (Å²) >= 11 is 0. The number of hydrogen-bond acceptors (Lipinski definition) is 6. The van der Waals surface area contributed by atoms with Crippen molar-refractivity contribution in [3.8, 4) is 11.5 Å². The van der Waals surface area contributed by atoms with Crippen molar-refractivity contribution in [3.63, 3.8) is 0 Å². The van der Waals surface area contributed by atoms with Crippen molar-refractivity contribution in [3.05, 3.63) is 53.6 Å². The van der Waals surface area contributed by atoms with Crippen molar-refractivity contribution in [2.75, 3.05) is 26.1 Å². The molecule has 0 atom stereocenters. The number of ether oxygens (including phenoxy) is 3. The monoisotopic (exact) mass is 411 g/mol. The molecule has 2 aromatic rings. The number of nitrogens with zero attached hydrogens (tertiary/aromatic N) is 2. The maximum absolute atomic E-state index is 12.4. The standard InChI is InChI=1S/C22H25N3O5/c1-4-30-22(27)23-17-7-5-6-15(12-17)14-25-21(26)11-9-18(24-25)16-8-10-19(28-2)20(13-16)29-3/h5-8,10,12-13H,4,9,11,14H2,1-3H3,(H,23,27). The lowest BCUT2D eigenvalue weighted by atomic mass is 10.0. The quantitative estimate of drug-likeness (QED) is 0.749. The molecule has 2 aromatic carbocycles. The van der Waals surface area contributed by atoms with Gasteiger partial charge in [0, 0.05) is 24.1 Å². The fourth-order valence-corrected chi connectivity index (χ4v) is 3.15. The van der Waals surface area contributed by atoms with Crippen LogP contribution in [0.15, 0.2) is 47.6 Å². The summed E-state index contributed by atoms with van der Waals surface area (Å²) in [7, 11) is 3.17. The van der Waals surface area contributed by atoms with Gasteiger partial charge in [-0.15, -0.1) is 0 Å². The maximum Gasteiger partial charge on any atom is 0.411 e. The Morgan fingerprint density at radius 3 is 2.63 bits per heavy atom. The van der Waals surface area contributed by atoms with Crippen LogP contribution < -0.4 is 14.8 Å². The molecule has 0 radical (unpaired) electrons. The van der Waals surface area contributed by atoms with Crippen LogP contribution in [-0.2, 0) is 16.1 Å². The van der Waals surface area contributed by atoms with Crippen LogP contribution in [0.1, 0.15) is 30.9 Å². The SMILES string of the molecule is CCOC(=O)Nc1cccc(CN2N=C(c3ccc(OC)c(OC)c3)CCC2=O)c1. The van der Waals surface area contributed by atoms with E-state index >= 15 is 0 Å². The van der Waals surface area contributed by atoms with Crippen molar-refractivity contribution in [1.82, 2.24) is 5.01 Å². The van der Waals surface area contributed by atoms with E-state index in [1.54, 1.807) is 33.3 Å². The minimum Gasteiger partial charge on any atom is -0.493 e. The zero-order valence-corrected chi connectivity index (χ0v) is 17.3. The topological polar surface area (TPSA) is 89.5 Å². The third-order valence-corrected chi connectivity index (χ3v) is 4.60. The minimum absolute atomic E-state index is 0.0528. The highest BCUT2D eigenvalue weighted by molar-refractivity contribution is 6.04. The lowest BCUT2D eigenvalue weighted by molar-refractivity contribution is -0.132. The first-order valence-electron chi connectivity index (χ1n) is 9.67. The van der Waals surface area contributed by atoms with Gasteiger partial charge in [-0.3, -0.25) is 10.1 Å². The third kappa shape index (κ3) is 5.08. The molecule has 8 heteroatoms. The number of anilines is 1. The number of nitrogens with one attached hydrogen (secondary N) is 1. The molecule has 0 aliphatic carbocycles. The van der Waals surface area contributed by atoms with E-state index in [0.717, 1.165) is 16.8 Å². The van der Waals surface area contributed by atoms with Gasteiger partial charge in [0.1, 0.15) is 0 Å². The Morgan fingerprint density at radius 1 is 1.10 bits per heavy atom. The van der Waals surface area contributed by atoms with Gasteiger partial charge in [0.25, 0.3) is 0 Å². The first-order chi connectivity index (χ1) is 14.5. The number of carbonyl (C=O) groups is 2. The van der Waals surface area contributed by atoms with Crippen LogP contribution in [-0.4, -0.2) is 43.5 Å². The first kappa shape index (κ1) is 21.2. The van der Waals surface area contributed by atoms with Crippen LogP contribution in [0.3, 0.4) is 0 Å². The number of carbonyl (C=O) groups excluding carboxylic acids is 2. The van der Waals surface area contributed by atoms with Gasteiger partial charge in [0.05, 0.1) is 33.1 Å². The Balaban J connectivity index is 1.79. The molecular formula is C22H25N3O5. The summed E-state index contributed by atoms with van der Waals surface area (Å²) in [5.74, 6) is 1.19. The van der Waals surface area contributed by atoms with Crippen LogP contribution >= 0.6 is 0 Å². The van der Waals surface area contributed by atoms with Crippen molar-refractivity contribution in [1.29, 1.82) is 0 Å². The number of rotatable bonds is 7. The van der Waals surface area contributed by atoms with Crippen molar-refractivity contribution in [2.45, 2.75) is 26.3 Å². The van der Waals surface area contributed by atoms with Gasteiger partial charge in [-0.05, 0) is 42.8 Å². The summed E-state index contributed by atoms with van der Waals surface area (Å²) in [6.07, 6.45) is 0.404. The predicted molar refractivity (Wildman–Crippen MR) is 113 cm³/mol. The summed E-state index contributed by atoms with van der Waals surface area (Å²) in [6.45, 7) is 2.33. The average Bonchev–Trinajstić information content (AvgIpc) is 2.75. The van der Waals surface area contributed by atoms with Crippen molar-refractivity contribution >= 4 is 23.4 Å². The van der Waals surface area contributed by atoms with E-state index in [4.69, 9.17) is 14.2 Å². The molecule has 8 nitrogen and oxygen atoms in total. The van der Waals surface area contributed by atoms with E-state index in [1.807, 2.05) is 30.3 Å². The van der Waals surface area contributed by atoms with E-state index in [-0.39, 0.29) is 5.91 Å². The highest BCUT2D eigenvalue weighted by Crippen LogP contribution is 2.29. The second-order valence-electron chi connectivity index (χ2n) is 6.61. The van der Waals surface area contributed by atoms with Crippen LogP contribution in [0.25, 0.3) is 0 Å². The van der Waals surface area contributed by atoms with Crippen molar-refractivity contribution in [2.24, 2.45) is 5.10 Å². The molecule has 158 valence electrons. The second-order valence-corrected chi connectivity index (χ2v) is 6.61. The van der Waals surface area contributed by atoms with E-state index in [0.29, 0.717) is 43.2 Å². The smallest absolute Gasteiger partial charge is 0.411 e. The van der Waals surface area contributed by atoms with E-state index in [9.17, 15) is 9.59 Å². The van der Waals surface area contributed by atoms with Gasteiger partial charge in [-0.2, -0.15) is 5.10 Å². The van der Waals surface area contributed by atoms with Gasteiger partial charge in [0.15, 0.2) is 11.5 Å². The maximum atomic E-state index is 12.4. The molecule has 3 rings (SSSR count). The first-order valence-corrected chi connectivity index (χ1v) is 9.67. The van der Waals surface area contributed by atoms with Gasteiger partial charge in [-0.25, -0.2) is 9.80 Å². The summed E-state index contributed by atoms with van der Waals surface area (Å²) < 4.78 is 15.5. The summed E-state index contributed by atoms with van der Waals surface area (Å²) in [4.78, 5) is 24.1. The molecule has 1 aliphatic heterocycles.